The van der Waals surface area contributed by atoms with Gasteiger partial charge in [0.1, 0.15) is 0 Å². The largest absolute Gasteiger partial charge is 0.402 e. The van der Waals surface area contributed by atoms with Gasteiger partial charge in [0, 0.05) is 5.70 Å². The van der Waals surface area contributed by atoms with E-state index in [1.807, 2.05) is 0 Å². The van der Waals surface area contributed by atoms with Crippen LogP contribution in [0.15, 0.2) is 11.8 Å². The number of hydrogen-bond acceptors (Lipinski definition) is 1. The number of unbranched alkanes of at least 4 members (excludes halogenated alkanes) is 1. The fourth-order valence-corrected chi connectivity index (χ4v) is 0.720. The van der Waals surface area contributed by atoms with Crippen LogP contribution in [0.25, 0.3) is 0 Å². The van der Waals surface area contributed by atoms with Crippen molar-refractivity contribution >= 4 is 0 Å². The fourth-order valence-electron chi connectivity index (χ4n) is 0.720. The highest BCUT2D eigenvalue weighted by atomic mass is 14.6. The SMILES string of the molecule is CCC/C=C(/N)CCC. The zero-order valence-electron chi connectivity index (χ0n) is 6.48. The Hall–Kier alpha value is -0.460. The lowest BCUT2D eigenvalue weighted by Crippen LogP contribution is -1.95. The third-order valence-electron chi connectivity index (χ3n) is 1.23. The first kappa shape index (κ1) is 8.54. The molecule has 0 aliphatic rings. The Morgan fingerprint density at radius 1 is 1.33 bits per heavy atom. The molecular weight excluding hydrogens is 110 g/mol. The van der Waals surface area contributed by atoms with Crippen molar-refractivity contribution in [1.82, 2.24) is 0 Å². The molecule has 0 unspecified atom stereocenters. The molecule has 0 atom stereocenters. The molecule has 0 radical (unpaired) electrons. The predicted molar refractivity (Wildman–Crippen MR) is 42.1 cm³/mol. The van der Waals surface area contributed by atoms with Crippen LogP contribution in [-0.4, -0.2) is 0 Å². The van der Waals surface area contributed by atoms with Crippen LogP contribution in [0.2, 0.25) is 0 Å². The van der Waals surface area contributed by atoms with Crippen molar-refractivity contribution < 1.29 is 0 Å². The number of rotatable bonds is 4. The molecular formula is C8H17N. The van der Waals surface area contributed by atoms with E-state index in [0.717, 1.165) is 25.0 Å². The van der Waals surface area contributed by atoms with Gasteiger partial charge in [-0.15, -0.1) is 0 Å². The van der Waals surface area contributed by atoms with Gasteiger partial charge in [0.25, 0.3) is 0 Å². The van der Waals surface area contributed by atoms with Gasteiger partial charge in [0.2, 0.25) is 0 Å². The van der Waals surface area contributed by atoms with Crippen molar-refractivity contribution in [2.75, 3.05) is 0 Å². The predicted octanol–water partition coefficient (Wildman–Crippen LogP) is 2.43. The van der Waals surface area contributed by atoms with E-state index in [1.54, 1.807) is 0 Å². The molecule has 0 bridgehead atoms. The van der Waals surface area contributed by atoms with Gasteiger partial charge in [-0.1, -0.05) is 32.8 Å². The Morgan fingerprint density at radius 2 is 2.00 bits per heavy atom. The Balaban J connectivity index is 3.30. The Kier molecular flexibility index (Phi) is 5.38. The summed E-state index contributed by atoms with van der Waals surface area (Å²) in [5, 5.41) is 0. The topological polar surface area (TPSA) is 26.0 Å². The summed E-state index contributed by atoms with van der Waals surface area (Å²) in [5.41, 5.74) is 6.69. The summed E-state index contributed by atoms with van der Waals surface area (Å²) in [6.45, 7) is 4.31. The van der Waals surface area contributed by atoms with Crippen LogP contribution in [0.1, 0.15) is 39.5 Å². The van der Waals surface area contributed by atoms with Crippen molar-refractivity contribution in [2.45, 2.75) is 39.5 Å². The number of hydrogen-bond donors (Lipinski definition) is 1. The second-order valence-corrected chi connectivity index (χ2v) is 2.32. The second-order valence-electron chi connectivity index (χ2n) is 2.32. The van der Waals surface area contributed by atoms with Gasteiger partial charge in [-0.05, 0) is 12.8 Å². The molecule has 0 aliphatic heterocycles. The summed E-state index contributed by atoms with van der Waals surface area (Å²) in [4.78, 5) is 0. The molecule has 0 aromatic carbocycles. The maximum absolute atomic E-state index is 5.63. The lowest BCUT2D eigenvalue weighted by Gasteiger charge is -1.95. The van der Waals surface area contributed by atoms with Crippen LogP contribution < -0.4 is 5.73 Å². The summed E-state index contributed by atoms with van der Waals surface area (Å²) >= 11 is 0. The lowest BCUT2D eigenvalue weighted by molar-refractivity contribution is 0.865. The van der Waals surface area contributed by atoms with Gasteiger partial charge in [0.05, 0.1) is 0 Å². The summed E-state index contributed by atoms with van der Waals surface area (Å²) in [6.07, 6.45) is 6.67. The van der Waals surface area contributed by atoms with Crippen LogP contribution in [-0.2, 0) is 0 Å². The fraction of sp³-hybridized carbons (Fsp3) is 0.750. The molecule has 0 aromatic rings. The maximum atomic E-state index is 5.63. The zero-order valence-corrected chi connectivity index (χ0v) is 6.48. The van der Waals surface area contributed by atoms with E-state index in [0.29, 0.717) is 0 Å². The van der Waals surface area contributed by atoms with Gasteiger partial charge < -0.3 is 5.73 Å². The first-order valence-corrected chi connectivity index (χ1v) is 3.75. The maximum Gasteiger partial charge on any atom is 0.00398 e. The van der Waals surface area contributed by atoms with Crippen LogP contribution in [0.4, 0.5) is 0 Å². The quantitative estimate of drug-likeness (QED) is 0.616. The monoisotopic (exact) mass is 127 g/mol. The Morgan fingerprint density at radius 3 is 2.44 bits per heavy atom. The van der Waals surface area contributed by atoms with Crippen molar-refractivity contribution in [1.29, 1.82) is 0 Å². The molecule has 0 saturated heterocycles. The van der Waals surface area contributed by atoms with E-state index in [9.17, 15) is 0 Å². The van der Waals surface area contributed by atoms with Crippen LogP contribution in [0.3, 0.4) is 0 Å². The normalized spacial score (nSPS) is 12.0. The van der Waals surface area contributed by atoms with Crippen LogP contribution in [0, 0.1) is 0 Å². The molecule has 1 nitrogen and oxygen atoms in total. The average Bonchev–Trinajstić information content (AvgIpc) is 1.85. The highest BCUT2D eigenvalue weighted by Gasteiger charge is 1.84. The zero-order chi connectivity index (χ0) is 7.11. The van der Waals surface area contributed by atoms with Gasteiger partial charge >= 0.3 is 0 Å². The average molecular weight is 127 g/mol. The molecule has 0 heterocycles. The van der Waals surface area contributed by atoms with E-state index in [1.165, 1.54) is 6.42 Å². The minimum absolute atomic E-state index is 1.05. The Labute approximate surface area is 57.9 Å². The number of nitrogens with two attached hydrogens (primary N) is 1. The summed E-state index contributed by atoms with van der Waals surface area (Å²) in [7, 11) is 0. The molecule has 0 rings (SSSR count). The molecule has 0 fully saturated rings. The van der Waals surface area contributed by atoms with E-state index in [4.69, 9.17) is 5.73 Å². The van der Waals surface area contributed by atoms with Crippen LogP contribution in [0.5, 0.6) is 0 Å². The standard InChI is InChI=1S/C8H17N/c1-3-5-7-8(9)6-4-2/h7H,3-6,9H2,1-2H3/b8-7+. The molecule has 0 spiro atoms. The van der Waals surface area contributed by atoms with Gasteiger partial charge in [-0.2, -0.15) is 0 Å². The highest BCUT2D eigenvalue weighted by Crippen LogP contribution is 1.99. The Bertz CT molecular complexity index is 84.6. The van der Waals surface area contributed by atoms with E-state index in [-0.39, 0.29) is 0 Å². The molecule has 2 N–H and O–H groups in total. The van der Waals surface area contributed by atoms with E-state index < -0.39 is 0 Å². The first-order chi connectivity index (χ1) is 4.31. The number of allylic oxidation sites excluding steroid dienone is 2. The van der Waals surface area contributed by atoms with Gasteiger partial charge in [-0.25, -0.2) is 0 Å². The second kappa shape index (κ2) is 5.67. The molecule has 9 heavy (non-hydrogen) atoms. The molecule has 0 saturated carbocycles. The van der Waals surface area contributed by atoms with Crippen molar-refractivity contribution in [3.63, 3.8) is 0 Å². The minimum Gasteiger partial charge on any atom is -0.402 e. The lowest BCUT2D eigenvalue weighted by atomic mass is 10.2. The van der Waals surface area contributed by atoms with Crippen molar-refractivity contribution in [3.05, 3.63) is 11.8 Å². The summed E-state index contributed by atoms with van der Waals surface area (Å²) < 4.78 is 0. The molecule has 1 heteroatoms. The molecule has 0 amide bonds. The molecule has 0 aromatic heterocycles. The van der Waals surface area contributed by atoms with Crippen LogP contribution >= 0.6 is 0 Å². The van der Waals surface area contributed by atoms with Crippen molar-refractivity contribution in [2.24, 2.45) is 5.73 Å². The summed E-state index contributed by atoms with van der Waals surface area (Å²) in [6, 6.07) is 0. The van der Waals surface area contributed by atoms with E-state index >= 15 is 0 Å². The smallest absolute Gasteiger partial charge is 0.00398 e. The highest BCUT2D eigenvalue weighted by molar-refractivity contribution is 4.95. The molecule has 54 valence electrons. The molecule has 0 aliphatic carbocycles. The minimum atomic E-state index is 1.05. The third-order valence-corrected chi connectivity index (χ3v) is 1.23. The first-order valence-electron chi connectivity index (χ1n) is 3.75. The third kappa shape index (κ3) is 5.41. The van der Waals surface area contributed by atoms with Crippen molar-refractivity contribution in [3.8, 4) is 0 Å². The van der Waals surface area contributed by atoms with E-state index in [2.05, 4.69) is 19.9 Å². The summed E-state index contributed by atoms with van der Waals surface area (Å²) in [5.74, 6) is 0. The van der Waals surface area contributed by atoms with Gasteiger partial charge in [0.15, 0.2) is 0 Å². The van der Waals surface area contributed by atoms with Gasteiger partial charge in [-0.3, -0.25) is 0 Å².